The van der Waals surface area contributed by atoms with E-state index in [2.05, 4.69) is 0 Å². The van der Waals surface area contributed by atoms with E-state index in [1.165, 1.54) is 20.8 Å². The molecule has 0 N–H and O–H groups in total. The van der Waals surface area contributed by atoms with Crippen molar-refractivity contribution in [2.45, 2.75) is 52.3 Å². The van der Waals surface area contributed by atoms with Crippen molar-refractivity contribution in [2.75, 3.05) is 0 Å². The highest BCUT2D eigenvalue weighted by Crippen LogP contribution is 2.40. The van der Waals surface area contributed by atoms with Crippen molar-refractivity contribution in [3.8, 4) is 0 Å². The molecule has 2 rings (SSSR count). The lowest BCUT2D eigenvalue weighted by Gasteiger charge is -2.44. The lowest BCUT2D eigenvalue weighted by Crippen LogP contribution is -2.57. The van der Waals surface area contributed by atoms with Crippen molar-refractivity contribution < 1.29 is 38.1 Å². The maximum Gasteiger partial charge on any atom is 0.305 e. The summed E-state index contributed by atoms with van der Waals surface area (Å²) in [6.07, 6.45) is -4.64. The highest BCUT2D eigenvalue weighted by Gasteiger charge is 2.53. The molecule has 1 aliphatic heterocycles. The van der Waals surface area contributed by atoms with Crippen molar-refractivity contribution in [2.24, 2.45) is 5.92 Å². The number of carbonyl (C=O) groups is 4. The molecule has 1 aromatic carbocycles. The highest BCUT2D eigenvalue weighted by molar-refractivity contribution is 5.81. The summed E-state index contributed by atoms with van der Waals surface area (Å²) in [6.45, 7) is 4.83. The summed E-state index contributed by atoms with van der Waals surface area (Å²) < 4.78 is 21.6. The number of benzene rings is 1. The number of hydrogen-bond donors (Lipinski definition) is 0. The van der Waals surface area contributed by atoms with Gasteiger partial charge in [0.1, 0.15) is 11.9 Å². The van der Waals surface area contributed by atoms with Gasteiger partial charge in [-0.25, -0.2) is 0 Å². The Hall–Kier alpha value is -2.74. The summed E-state index contributed by atoms with van der Waals surface area (Å²) in [5.41, 5.74) is 0.633. The standard InChI is InChI=1S/C19H22O8/c1-10(20)15-16(14-8-6-5-7-9-14)27-19(26-13(4)23)18(25-12(3)22)17(15)24-11(2)21/h5-9,15-19H,1-4H3/t15-,16+,17-,18+,19?/m0/s1. The molecule has 1 unspecified atom stereocenters. The number of carbonyl (C=O) groups excluding carboxylic acids is 4. The Balaban J connectivity index is 2.53. The molecule has 1 saturated heterocycles. The third-order valence-electron chi connectivity index (χ3n) is 4.04. The van der Waals surface area contributed by atoms with Gasteiger partial charge in [0, 0.05) is 20.8 Å². The van der Waals surface area contributed by atoms with Crippen LogP contribution in [0.4, 0.5) is 0 Å². The number of esters is 3. The van der Waals surface area contributed by atoms with Crippen LogP contribution in [0.1, 0.15) is 39.4 Å². The van der Waals surface area contributed by atoms with Crippen LogP contribution in [0.15, 0.2) is 30.3 Å². The van der Waals surface area contributed by atoms with Crippen molar-refractivity contribution in [1.29, 1.82) is 0 Å². The molecule has 1 aromatic rings. The predicted molar refractivity (Wildman–Crippen MR) is 91.1 cm³/mol. The Bertz CT molecular complexity index is 714. The quantitative estimate of drug-likeness (QED) is 0.563. The Morgan fingerprint density at radius 3 is 1.78 bits per heavy atom. The topological polar surface area (TPSA) is 105 Å². The summed E-state index contributed by atoms with van der Waals surface area (Å²) in [5, 5.41) is 0. The van der Waals surface area contributed by atoms with Gasteiger partial charge in [-0.3, -0.25) is 19.2 Å². The van der Waals surface area contributed by atoms with Crippen LogP contribution in [0.2, 0.25) is 0 Å². The monoisotopic (exact) mass is 378 g/mol. The Kier molecular flexibility index (Phi) is 6.68. The number of ether oxygens (including phenoxy) is 4. The second kappa shape index (κ2) is 8.77. The second-order valence-corrected chi connectivity index (χ2v) is 6.23. The van der Waals surface area contributed by atoms with E-state index in [9.17, 15) is 19.2 Å². The first kappa shape index (κ1) is 20.6. The van der Waals surface area contributed by atoms with E-state index in [4.69, 9.17) is 18.9 Å². The van der Waals surface area contributed by atoms with Gasteiger partial charge in [-0.2, -0.15) is 0 Å². The number of hydrogen-bond acceptors (Lipinski definition) is 8. The molecule has 1 fully saturated rings. The first-order chi connectivity index (χ1) is 12.7. The lowest BCUT2D eigenvalue weighted by molar-refractivity contribution is -0.281. The molecular weight excluding hydrogens is 356 g/mol. The largest absolute Gasteiger partial charge is 0.457 e. The van der Waals surface area contributed by atoms with Gasteiger partial charge in [0.05, 0.1) is 5.92 Å². The van der Waals surface area contributed by atoms with Gasteiger partial charge in [0.2, 0.25) is 12.4 Å². The van der Waals surface area contributed by atoms with Crippen LogP contribution in [-0.2, 0) is 38.1 Å². The minimum absolute atomic E-state index is 0.325. The zero-order valence-corrected chi connectivity index (χ0v) is 15.5. The van der Waals surface area contributed by atoms with E-state index < -0.39 is 48.4 Å². The van der Waals surface area contributed by atoms with Crippen LogP contribution >= 0.6 is 0 Å². The van der Waals surface area contributed by atoms with E-state index in [0.29, 0.717) is 5.56 Å². The normalized spacial score (nSPS) is 27.3. The fourth-order valence-electron chi connectivity index (χ4n) is 3.12. The molecule has 0 spiro atoms. The van der Waals surface area contributed by atoms with Gasteiger partial charge in [-0.1, -0.05) is 30.3 Å². The van der Waals surface area contributed by atoms with E-state index in [-0.39, 0.29) is 5.78 Å². The molecule has 8 nitrogen and oxygen atoms in total. The minimum Gasteiger partial charge on any atom is -0.457 e. The molecule has 0 amide bonds. The maximum absolute atomic E-state index is 12.4. The van der Waals surface area contributed by atoms with Gasteiger partial charge in [0.25, 0.3) is 0 Å². The molecule has 27 heavy (non-hydrogen) atoms. The number of rotatable bonds is 5. The Labute approximate surface area is 156 Å². The summed E-state index contributed by atoms with van der Waals surface area (Å²) in [7, 11) is 0. The van der Waals surface area contributed by atoms with Crippen molar-refractivity contribution in [3.05, 3.63) is 35.9 Å². The average Bonchev–Trinajstić information content (AvgIpc) is 2.56. The summed E-state index contributed by atoms with van der Waals surface area (Å²) in [5.74, 6) is -3.31. The smallest absolute Gasteiger partial charge is 0.305 e. The van der Waals surface area contributed by atoms with Gasteiger partial charge in [-0.15, -0.1) is 0 Å². The minimum atomic E-state index is -1.34. The summed E-state index contributed by atoms with van der Waals surface area (Å²) in [6, 6.07) is 8.79. The maximum atomic E-state index is 12.4. The van der Waals surface area contributed by atoms with Gasteiger partial charge < -0.3 is 18.9 Å². The Morgan fingerprint density at radius 2 is 1.30 bits per heavy atom. The third-order valence-corrected chi connectivity index (χ3v) is 4.04. The molecule has 1 aliphatic rings. The van der Waals surface area contributed by atoms with Crippen LogP contribution in [0.3, 0.4) is 0 Å². The molecule has 5 atom stereocenters. The van der Waals surface area contributed by atoms with Crippen molar-refractivity contribution >= 4 is 23.7 Å². The lowest BCUT2D eigenvalue weighted by atomic mass is 9.82. The molecule has 0 radical (unpaired) electrons. The predicted octanol–water partition coefficient (Wildman–Crippen LogP) is 1.72. The molecule has 146 valence electrons. The second-order valence-electron chi connectivity index (χ2n) is 6.23. The van der Waals surface area contributed by atoms with Gasteiger partial charge in [-0.05, 0) is 12.5 Å². The molecular formula is C19H22O8. The molecule has 0 bridgehead atoms. The van der Waals surface area contributed by atoms with Crippen LogP contribution in [0.25, 0.3) is 0 Å². The van der Waals surface area contributed by atoms with Gasteiger partial charge >= 0.3 is 17.9 Å². The van der Waals surface area contributed by atoms with E-state index in [1.807, 2.05) is 0 Å². The van der Waals surface area contributed by atoms with Crippen LogP contribution in [0.5, 0.6) is 0 Å². The van der Waals surface area contributed by atoms with E-state index in [1.54, 1.807) is 30.3 Å². The number of Topliss-reactive ketones (excluding diaryl/α,β-unsaturated/α-hetero) is 1. The van der Waals surface area contributed by atoms with Crippen molar-refractivity contribution in [3.63, 3.8) is 0 Å². The average molecular weight is 378 g/mol. The van der Waals surface area contributed by atoms with Crippen LogP contribution in [-0.4, -0.2) is 42.2 Å². The summed E-state index contributed by atoms with van der Waals surface area (Å²) in [4.78, 5) is 47.1. The first-order valence-corrected chi connectivity index (χ1v) is 8.43. The third kappa shape index (κ3) is 5.13. The zero-order chi connectivity index (χ0) is 20.1. The van der Waals surface area contributed by atoms with E-state index >= 15 is 0 Å². The fourth-order valence-corrected chi connectivity index (χ4v) is 3.12. The Morgan fingerprint density at radius 1 is 0.778 bits per heavy atom. The zero-order valence-electron chi connectivity index (χ0n) is 15.5. The number of ketones is 1. The van der Waals surface area contributed by atoms with E-state index in [0.717, 1.165) is 6.92 Å². The molecule has 1 heterocycles. The molecule has 0 aliphatic carbocycles. The van der Waals surface area contributed by atoms with Crippen LogP contribution in [0, 0.1) is 5.92 Å². The molecule has 0 aromatic heterocycles. The van der Waals surface area contributed by atoms with Crippen LogP contribution < -0.4 is 0 Å². The fraction of sp³-hybridized carbons (Fsp3) is 0.474. The van der Waals surface area contributed by atoms with Gasteiger partial charge in [0.15, 0.2) is 6.10 Å². The summed E-state index contributed by atoms with van der Waals surface area (Å²) >= 11 is 0. The first-order valence-electron chi connectivity index (χ1n) is 8.43. The van der Waals surface area contributed by atoms with Crippen molar-refractivity contribution in [1.82, 2.24) is 0 Å². The SMILES string of the molecule is CC(=O)OC1O[C@H](c2ccccc2)[C@H](C(C)=O)[C@H](OC(C)=O)[C@H]1OC(C)=O. The molecule has 8 heteroatoms. The highest BCUT2D eigenvalue weighted by atomic mass is 16.7. The molecule has 0 saturated carbocycles.